The normalized spacial score (nSPS) is 15.0. The van der Waals surface area contributed by atoms with Crippen molar-refractivity contribution in [1.29, 1.82) is 0 Å². The first-order valence-corrected chi connectivity index (χ1v) is 10.8. The van der Waals surface area contributed by atoms with E-state index in [4.69, 9.17) is 9.15 Å². The number of benzene rings is 1. The fraction of sp³-hybridized carbons (Fsp3) is 0.348. The van der Waals surface area contributed by atoms with E-state index in [-0.39, 0.29) is 5.69 Å². The minimum absolute atomic E-state index is 0.236. The average molecular weight is 435 g/mol. The average Bonchev–Trinajstić information content (AvgIpc) is 3.52. The quantitative estimate of drug-likeness (QED) is 0.441. The molecule has 1 fully saturated rings. The number of para-hydroxylation sites is 1. The number of piperazine rings is 1. The maximum atomic E-state index is 13.0. The molecule has 0 aliphatic carbocycles. The molecule has 166 valence electrons. The van der Waals surface area contributed by atoms with Crippen molar-refractivity contribution in [2.75, 3.05) is 44.8 Å². The number of nitrogens with zero attached hydrogens (tertiary/aromatic N) is 6. The zero-order valence-electron chi connectivity index (χ0n) is 18.1. The Morgan fingerprint density at radius 1 is 1.06 bits per heavy atom. The summed E-state index contributed by atoms with van der Waals surface area (Å²) in [5, 5.41) is 4.44. The molecule has 0 unspecified atom stereocenters. The Kier molecular flexibility index (Phi) is 5.74. The summed E-state index contributed by atoms with van der Waals surface area (Å²) in [4.78, 5) is 22.4. The van der Waals surface area contributed by atoms with Gasteiger partial charge in [0.25, 0.3) is 0 Å². The maximum Gasteiger partial charge on any atom is 0.350 e. The molecule has 0 atom stereocenters. The fourth-order valence-electron chi connectivity index (χ4n) is 4.09. The molecule has 1 saturated heterocycles. The highest BCUT2D eigenvalue weighted by Crippen LogP contribution is 2.20. The van der Waals surface area contributed by atoms with Crippen molar-refractivity contribution in [1.82, 2.24) is 24.1 Å². The Morgan fingerprint density at radius 3 is 2.59 bits per heavy atom. The molecule has 0 radical (unpaired) electrons. The summed E-state index contributed by atoms with van der Waals surface area (Å²) >= 11 is 0. The van der Waals surface area contributed by atoms with E-state index in [1.165, 1.54) is 10.2 Å². The molecule has 9 nitrogen and oxygen atoms in total. The summed E-state index contributed by atoms with van der Waals surface area (Å²) in [5.74, 6) is 0.950. The maximum absolute atomic E-state index is 13.0. The predicted octanol–water partition coefficient (Wildman–Crippen LogP) is 2.12. The van der Waals surface area contributed by atoms with E-state index >= 15 is 0 Å². The van der Waals surface area contributed by atoms with Gasteiger partial charge in [-0.1, -0.05) is 18.2 Å². The topological polar surface area (TPSA) is 81.0 Å². The van der Waals surface area contributed by atoms with Crippen LogP contribution in [0.15, 0.2) is 64.1 Å². The van der Waals surface area contributed by atoms with Gasteiger partial charge in [-0.2, -0.15) is 4.52 Å². The number of ether oxygens (including phenoxy) is 1. The molecule has 32 heavy (non-hydrogen) atoms. The van der Waals surface area contributed by atoms with Crippen LogP contribution < -0.4 is 10.6 Å². The van der Waals surface area contributed by atoms with Crippen molar-refractivity contribution in [3.8, 4) is 11.6 Å². The van der Waals surface area contributed by atoms with Gasteiger partial charge in [-0.15, -0.1) is 5.10 Å². The van der Waals surface area contributed by atoms with E-state index in [0.717, 1.165) is 31.7 Å². The van der Waals surface area contributed by atoms with Gasteiger partial charge < -0.3 is 14.1 Å². The molecule has 4 heterocycles. The second-order valence-electron chi connectivity index (χ2n) is 7.87. The highest BCUT2D eigenvalue weighted by atomic mass is 16.5. The lowest BCUT2D eigenvalue weighted by molar-refractivity contribution is 0.185. The van der Waals surface area contributed by atoms with Crippen molar-refractivity contribution in [2.24, 2.45) is 0 Å². The van der Waals surface area contributed by atoms with Crippen LogP contribution in [0.5, 0.6) is 0 Å². The number of fused-ring (bicyclic) bond motifs is 1. The summed E-state index contributed by atoms with van der Waals surface area (Å²) in [6.45, 7) is 5.35. The zero-order chi connectivity index (χ0) is 21.9. The standard InChI is InChI=1S/C23H26N6O3/c1-31-15-13-28-17-18(16-26-9-11-27(12-10-26)19-6-3-2-4-7-19)22-24-21(20-8-5-14-32-20)25-29(22)23(28)30/h2-8,14,17H,9-13,15-16H2,1H3. The molecular weight excluding hydrogens is 408 g/mol. The van der Waals surface area contributed by atoms with Gasteiger partial charge in [0, 0.05) is 57.3 Å². The van der Waals surface area contributed by atoms with Crippen molar-refractivity contribution in [2.45, 2.75) is 13.1 Å². The van der Waals surface area contributed by atoms with Crippen molar-refractivity contribution >= 4 is 11.3 Å². The van der Waals surface area contributed by atoms with Crippen LogP contribution in [0.3, 0.4) is 0 Å². The van der Waals surface area contributed by atoms with Crippen molar-refractivity contribution in [3.63, 3.8) is 0 Å². The largest absolute Gasteiger partial charge is 0.461 e. The Morgan fingerprint density at radius 2 is 1.88 bits per heavy atom. The summed E-state index contributed by atoms with van der Waals surface area (Å²) in [5.41, 5.74) is 2.54. The summed E-state index contributed by atoms with van der Waals surface area (Å²) < 4.78 is 13.7. The monoisotopic (exact) mass is 434 g/mol. The highest BCUT2D eigenvalue weighted by Gasteiger charge is 2.21. The van der Waals surface area contributed by atoms with Crippen LogP contribution >= 0.6 is 0 Å². The van der Waals surface area contributed by atoms with Gasteiger partial charge in [-0.05, 0) is 24.3 Å². The van der Waals surface area contributed by atoms with Crippen LogP contribution in [-0.4, -0.2) is 64.0 Å². The number of furan rings is 1. The molecule has 9 heteroatoms. The molecule has 1 aliphatic rings. The second-order valence-corrected chi connectivity index (χ2v) is 7.87. The molecule has 0 N–H and O–H groups in total. The number of hydrogen-bond donors (Lipinski definition) is 0. The van der Waals surface area contributed by atoms with Gasteiger partial charge in [-0.3, -0.25) is 9.47 Å². The van der Waals surface area contributed by atoms with Crippen LogP contribution in [0, 0.1) is 0 Å². The van der Waals surface area contributed by atoms with Crippen molar-refractivity contribution < 1.29 is 9.15 Å². The number of rotatable bonds is 7. The van der Waals surface area contributed by atoms with Gasteiger partial charge >= 0.3 is 5.69 Å². The highest BCUT2D eigenvalue weighted by molar-refractivity contribution is 5.55. The van der Waals surface area contributed by atoms with Crippen LogP contribution in [0.1, 0.15) is 5.56 Å². The molecule has 0 amide bonds. The van der Waals surface area contributed by atoms with Gasteiger partial charge in [-0.25, -0.2) is 9.78 Å². The van der Waals surface area contributed by atoms with Gasteiger partial charge in [0.05, 0.1) is 19.4 Å². The Labute approximate surface area is 185 Å². The lowest BCUT2D eigenvalue weighted by Gasteiger charge is -2.36. The van der Waals surface area contributed by atoms with Crippen LogP contribution in [0.25, 0.3) is 17.2 Å². The molecule has 0 bridgehead atoms. The fourth-order valence-corrected chi connectivity index (χ4v) is 4.09. The first-order valence-electron chi connectivity index (χ1n) is 10.8. The van der Waals surface area contributed by atoms with Crippen LogP contribution in [0.2, 0.25) is 0 Å². The van der Waals surface area contributed by atoms with E-state index in [2.05, 4.69) is 44.1 Å². The number of aromatic nitrogens is 4. The summed E-state index contributed by atoms with van der Waals surface area (Å²) in [6, 6.07) is 14.1. The zero-order valence-corrected chi connectivity index (χ0v) is 18.1. The predicted molar refractivity (Wildman–Crippen MR) is 121 cm³/mol. The van der Waals surface area contributed by atoms with Gasteiger partial charge in [0.1, 0.15) is 0 Å². The Balaban J connectivity index is 1.42. The first-order chi connectivity index (χ1) is 15.7. The van der Waals surface area contributed by atoms with Crippen LogP contribution in [-0.2, 0) is 17.8 Å². The first kappa shape index (κ1) is 20.5. The van der Waals surface area contributed by atoms with Crippen LogP contribution in [0.4, 0.5) is 5.69 Å². The van der Waals surface area contributed by atoms with E-state index in [0.29, 0.717) is 36.9 Å². The summed E-state index contributed by atoms with van der Waals surface area (Å²) in [6.07, 6.45) is 3.46. The number of hydrogen-bond acceptors (Lipinski definition) is 7. The molecule has 5 rings (SSSR count). The lowest BCUT2D eigenvalue weighted by atomic mass is 10.2. The van der Waals surface area contributed by atoms with Gasteiger partial charge in [0.15, 0.2) is 11.4 Å². The SMILES string of the molecule is COCCn1cc(CN2CCN(c3ccccc3)CC2)c2nc(-c3ccco3)nn2c1=O. The third-order valence-corrected chi connectivity index (χ3v) is 5.80. The minimum Gasteiger partial charge on any atom is -0.461 e. The minimum atomic E-state index is -0.236. The van der Waals surface area contributed by atoms with E-state index < -0.39 is 0 Å². The lowest BCUT2D eigenvalue weighted by Crippen LogP contribution is -2.46. The summed E-state index contributed by atoms with van der Waals surface area (Å²) in [7, 11) is 1.63. The van der Waals surface area contributed by atoms with Crippen molar-refractivity contribution in [3.05, 3.63) is 71.0 Å². The number of methoxy groups -OCH3 is 1. The Hall–Kier alpha value is -3.43. The molecule has 0 saturated carbocycles. The second kappa shape index (κ2) is 8.97. The van der Waals surface area contributed by atoms with Gasteiger partial charge in [0.2, 0.25) is 5.82 Å². The molecule has 3 aromatic heterocycles. The van der Waals surface area contributed by atoms with E-state index in [1.807, 2.05) is 12.3 Å². The molecular formula is C23H26N6O3. The molecule has 0 spiro atoms. The smallest absolute Gasteiger partial charge is 0.350 e. The molecule has 4 aromatic rings. The molecule has 1 aliphatic heterocycles. The van der Waals surface area contributed by atoms with E-state index in [1.54, 1.807) is 30.1 Å². The third-order valence-electron chi connectivity index (χ3n) is 5.80. The molecule has 1 aromatic carbocycles. The third kappa shape index (κ3) is 4.04. The number of anilines is 1. The van der Waals surface area contributed by atoms with E-state index in [9.17, 15) is 4.79 Å². The Bertz CT molecular complexity index is 1220.